The van der Waals surface area contributed by atoms with Crippen LogP contribution in [0.4, 0.5) is 11.8 Å². The summed E-state index contributed by atoms with van der Waals surface area (Å²) in [6.07, 6.45) is 5.43. The van der Waals surface area contributed by atoms with Crippen LogP contribution in [-0.4, -0.2) is 60.0 Å². The monoisotopic (exact) mass is 387 g/mol. The third kappa shape index (κ3) is 2.89. The molecule has 4 fully saturated rings. The standard InChI is InChI=1S/C18H21N5O5/c1-25-18-9-17(10-18,11-18)15(24)21-13-6-14(28-22-13)27-12-7-19-16(20-8-12)23-2-4-26-5-3-23/h6-8H,2-5,9-11H2,1H3,(H,21,22,24). The molecule has 10 nitrogen and oxygen atoms in total. The van der Waals surface area contributed by atoms with Gasteiger partial charge in [0.15, 0.2) is 11.6 Å². The maximum absolute atomic E-state index is 12.4. The molecule has 0 radical (unpaired) electrons. The van der Waals surface area contributed by atoms with Crippen molar-refractivity contribution >= 4 is 17.7 Å². The molecule has 1 saturated heterocycles. The van der Waals surface area contributed by atoms with Gasteiger partial charge in [0.1, 0.15) is 0 Å². The fourth-order valence-corrected chi connectivity index (χ4v) is 4.17. The lowest BCUT2D eigenvalue weighted by atomic mass is 9.40. The average Bonchev–Trinajstić information content (AvgIpc) is 3.08. The van der Waals surface area contributed by atoms with Crippen molar-refractivity contribution in [3.63, 3.8) is 0 Å². The number of nitrogens with zero attached hydrogens (tertiary/aromatic N) is 4. The Morgan fingerprint density at radius 1 is 1.21 bits per heavy atom. The molecule has 3 heterocycles. The van der Waals surface area contributed by atoms with Gasteiger partial charge in [0.2, 0.25) is 11.9 Å². The van der Waals surface area contributed by atoms with E-state index in [0.717, 1.165) is 32.4 Å². The van der Waals surface area contributed by atoms with Crippen LogP contribution in [0, 0.1) is 5.41 Å². The summed E-state index contributed by atoms with van der Waals surface area (Å²) in [5.74, 6) is 1.48. The van der Waals surface area contributed by atoms with Crippen molar-refractivity contribution in [2.45, 2.75) is 24.9 Å². The van der Waals surface area contributed by atoms with Crippen molar-refractivity contribution in [3.05, 3.63) is 18.5 Å². The molecular formula is C18H21N5O5. The Morgan fingerprint density at radius 2 is 1.93 bits per heavy atom. The minimum atomic E-state index is -0.320. The first-order valence-electron chi connectivity index (χ1n) is 9.26. The maximum atomic E-state index is 12.4. The van der Waals surface area contributed by atoms with Gasteiger partial charge in [-0.05, 0) is 19.3 Å². The molecule has 0 unspecified atom stereocenters. The Morgan fingerprint density at radius 3 is 2.61 bits per heavy atom. The zero-order valence-electron chi connectivity index (χ0n) is 15.5. The molecule has 4 aliphatic rings. The van der Waals surface area contributed by atoms with E-state index in [2.05, 4.69) is 20.4 Å². The van der Waals surface area contributed by atoms with Crippen molar-refractivity contribution in [2.75, 3.05) is 43.6 Å². The van der Waals surface area contributed by atoms with E-state index in [-0.39, 0.29) is 22.9 Å². The highest BCUT2D eigenvalue weighted by atomic mass is 16.6. The van der Waals surface area contributed by atoms with Gasteiger partial charge in [0.05, 0.1) is 42.7 Å². The number of aromatic nitrogens is 3. The van der Waals surface area contributed by atoms with E-state index in [1.54, 1.807) is 19.5 Å². The molecule has 10 heteroatoms. The van der Waals surface area contributed by atoms with E-state index < -0.39 is 0 Å². The molecular weight excluding hydrogens is 366 g/mol. The molecule has 1 N–H and O–H groups in total. The molecule has 0 aromatic carbocycles. The molecule has 1 amide bonds. The van der Waals surface area contributed by atoms with E-state index in [4.69, 9.17) is 18.7 Å². The Bertz CT molecular complexity index is 857. The van der Waals surface area contributed by atoms with Gasteiger partial charge in [-0.25, -0.2) is 9.97 Å². The Balaban J connectivity index is 1.17. The minimum Gasteiger partial charge on any atom is -0.421 e. The number of nitrogens with one attached hydrogen (secondary N) is 1. The number of hydrogen-bond acceptors (Lipinski definition) is 9. The molecule has 2 aromatic rings. The Hall–Kier alpha value is -2.72. The summed E-state index contributed by atoms with van der Waals surface area (Å²) in [6, 6.07) is 1.53. The lowest BCUT2D eigenvalue weighted by Gasteiger charge is -2.67. The van der Waals surface area contributed by atoms with E-state index in [1.165, 1.54) is 6.07 Å². The van der Waals surface area contributed by atoms with Crippen LogP contribution >= 0.6 is 0 Å². The fourth-order valence-electron chi connectivity index (χ4n) is 4.17. The molecule has 0 atom stereocenters. The number of amides is 1. The molecule has 2 bridgehead atoms. The molecule has 0 spiro atoms. The summed E-state index contributed by atoms with van der Waals surface area (Å²) in [7, 11) is 1.69. The van der Waals surface area contributed by atoms with Gasteiger partial charge in [-0.3, -0.25) is 4.79 Å². The van der Waals surface area contributed by atoms with Crippen LogP contribution in [0.25, 0.3) is 0 Å². The second-order valence-corrected chi connectivity index (χ2v) is 7.60. The van der Waals surface area contributed by atoms with Crippen LogP contribution in [0.1, 0.15) is 19.3 Å². The number of ether oxygens (including phenoxy) is 3. The zero-order valence-corrected chi connectivity index (χ0v) is 15.5. The van der Waals surface area contributed by atoms with E-state index in [1.807, 2.05) is 4.90 Å². The molecule has 148 valence electrons. The van der Waals surface area contributed by atoms with Crippen LogP contribution in [0.2, 0.25) is 0 Å². The largest absolute Gasteiger partial charge is 0.421 e. The van der Waals surface area contributed by atoms with Crippen LogP contribution in [-0.2, 0) is 14.3 Å². The van der Waals surface area contributed by atoms with Crippen molar-refractivity contribution in [3.8, 4) is 11.7 Å². The highest BCUT2D eigenvalue weighted by Gasteiger charge is 2.72. The first-order chi connectivity index (χ1) is 13.6. The van der Waals surface area contributed by atoms with Crippen molar-refractivity contribution < 1.29 is 23.5 Å². The van der Waals surface area contributed by atoms with Gasteiger partial charge in [-0.2, -0.15) is 0 Å². The maximum Gasteiger partial charge on any atom is 0.318 e. The Labute approximate surface area is 161 Å². The lowest BCUT2D eigenvalue weighted by molar-refractivity contribution is -0.260. The summed E-state index contributed by atoms with van der Waals surface area (Å²) >= 11 is 0. The summed E-state index contributed by atoms with van der Waals surface area (Å²) in [5.41, 5.74) is -0.401. The Kier molecular flexibility index (Phi) is 3.98. The van der Waals surface area contributed by atoms with E-state index in [0.29, 0.717) is 30.7 Å². The second-order valence-electron chi connectivity index (χ2n) is 7.60. The smallest absolute Gasteiger partial charge is 0.318 e. The lowest BCUT2D eigenvalue weighted by Crippen LogP contribution is -2.72. The third-order valence-corrected chi connectivity index (χ3v) is 5.75. The molecule has 2 aromatic heterocycles. The van der Waals surface area contributed by atoms with Gasteiger partial charge >= 0.3 is 5.95 Å². The number of carbonyl (C=O) groups excluding carboxylic acids is 1. The minimum absolute atomic E-state index is 0.0514. The van der Waals surface area contributed by atoms with Gasteiger partial charge < -0.3 is 29.0 Å². The van der Waals surface area contributed by atoms with Crippen molar-refractivity contribution in [1.82, 2.24) is 15.1 Å². The van der Waals surface area contributed by atoms with E-state index in [9.17, 15) is 4.79 Å². The zero-order chi connectivity index (χ0) is 19.2. The highest BCUT2D eigenvalue weighted by Crippen LogP contribution is 2.69. The number of morpholine rings is 1. The van der Waals surface area contributed by atoms with Crippen molar-refractivity contribution in [1.29, 1.82) is 0 Å². The van der Waals surface area contributed by atoms with Crippen LogP contribution in [0.3, 0.4) is 0 Å². The average molecular weight is 387 g/mol. The third-order valence-electron chi connectivity index (χ3n) is 5.75. The second kappa shape index (κ2) is 6.42. The quantitative estimate of drug-likeness (QED) is 0.790. The predicted octanol–water partition coefficient (Wildman–Crippen LogP) is 1.60. The molecule has 3 aliphatic carbocycles. The summed E-state index contributed by atoms with van der Waals surface area (Å²) in [5, 5.41) is 6.64. The number of methoxy groups -OCH3 is 1. The van der Waals surface area contributed by atoms with Crippen LogP contribution in [0.15, 0.2) is 23.0 Å². The number of hydrogen-bond donors (Lipinski definition) is 1. The topological polar surface area (TPSA) is 112 Å². The molecule has 1 aliphatic heterocycles. The molecule has 3 saturated carbocycles. The molecule has 6 rings (SSSR count). The first kappa shape index (κ1) is 17.4. The fraction of sp³-hybridized carbons (Fsp3) is 0.556. The SMILES string of the molecule is COC12CC(C(=O)Nc3cc(Oc4cnc(N5CCOCC5)nc4)on3)(C1)C2. The number of rotatable bonds is 6. The number of anilines is 2. The number of carbonyl (C=O) groups is 1. The summed E-state index contributed by atoms with van der Waals surface area (Å²) in [6.45, 7) is 2.86. The summed E-state index contributed by atoms with van der Waals surface area (Å²) in [4.78, 5) is 23.1. The predicted molar refractivity (Wildman–Crippen MR) is 96.3 cm³/mol. The van der Waals surface area contributed by atoms with Crippen molar-refractivity contribution in [2.24, 2.45) is 5.41 Å². The van der Waals surface area contributed by atoms with Gasteiger partial charge in [-0.15, -0.1) is 0 Å². The van der Waals surface area contributed by atoms with Crippen LogP contribution in [0.5, 0.6) is 11.7 Å². The molecule has 28 heavy (non-hydrogen) atoms. The van der Waals surface area contributed by atoms with Crippen LogP contribution < -0.4 is 15.0 Å². The highest BCUT2D eigenvalue weighted by molar-refractivity contribution is 5.97. The normalized spacial score (nSPS) is 28.2. The summed E-state index contributed by atoms with van der Waals surface area (Å²) < 4.78 is 21.5. The van der Waals surface area contributed by atoms with Gasteiger partial charge in [0, 0.05) is 20.2 Å². The van der Waals surface area contributed by atoms with Gasteiger partial charge in [-0.1, -0.05) is 5.16 Å². The van der Waals surface area contributed by atoms with Gasteiger partial charge in [0.25, 0.3) is 0 Å². The first-order valence-corrected chi connectivity index (χ1v) is 9.26. The van der Waals surface area contributed by atoms with E-state index >= 15 is 0 Å².